The molecule has 2 heterocycles. The van der Waals surface area contributed by atoms with Gasteiger partial charge in [0.2, 0.25) is 0 Å². The third kappa shape index (κ3) is 3.33. The number of aromatic amines is 1. The third-order valence-corrected chi connectivity index (χ3v) is 6.29. The summed E-state index contributed by atoms with van der Waals surface area (Å²) in [5.41, 5.74) is 2.25. The molecule has 0 bridgehead atoms. The maximum Gasteiger partial charge on any atom is 0.263 e. The smallest absolute Gasteiger partial charge is 0.263 e. The number of hydrogen-bond acceptors (Lipinski definition) is 5. The van der Waals surface area contributed by atoms with E-state index in [2.05, 4.69) is 15.3 Å². The van der Waals surface area contributed by atoms with Crippen molar-refractivity contribution in [1.82, 2.24) is 9.97 Å². The van der Waals surface area contributed by atoms with Crippen LogP contribution in [0.3, 0.4) is 0 Å². The predicted molar refractivity (Wildman–Crippen MR) is 116 cm³/mol. The molecule has 1 aliphatic carbocycles. The van der Waals surface area contributed by atoms with E-state index in [1.807, 2.05) is 54.6 Å². The molecule has 2 N–H and O–H groups in total. The van der Waals surface area contributed by atoms with Gasteiger partial charge < -0.3 is 4.98 Å². The van der Waals surface area contributed by atoms with Crippen molar-refractivity contribution in [1.29, 1.82) is 0 Å². The molecule has 148 valence electrons. The molecule has 0 saturated heterocycles. The molecular weight excluding hydrogens is 398 g/mol. The van der Waals surface area contributed by atoms with Gasteiger partial charge in [0.1, 0.15) is 5.56 Å². The van der Waals surface area contributed by atoms with Crippen LogP contribution in [0.2, 0.25) is 0 Å². The second kappa shape index (κ2) is 7.35. The number of amides is 1. The molecule has 30 heavy (non-hydrogen) atoms. The minimum absolute atomic E-state index is 0.0178. The Hall–Kier alpha value is -3.58. The SMILES string of the molecule is O=C1C[C@H](c2ccccc2)Cc2[nH]c(=O)c(C(=O)Nc3nc4ccccc4s3)cc21. The van der Waals surface area contributed by atoms with E-state index in [0.29, 0.717) is 29.2 Å². The topological polar surface area (TPSA) is 91.9 Å². The molecule has 4 aromatic rings. The van der Waals surface area contributed by atoms with Gasteiger partial charge in [0.05, 0.1) is 10.2 Å². The third-order valence-electron chi connectivity index (χ3n) is 5.34. The number of nitrogens with one attached hydrogen (secondary N) is 2. The Labute approximate surface area is 175 Å². The van der Waals surface area contributed by atoms with Gasteiger partial charge in [0.15, 0.2) is 10.9 Å². The van der Waals surface area contributed by atoms with Gasteiger partial charge in [-0.25, -0.2) is 4.98 Å². The van der Waals surface area contributed by atoms with Crippen molar-refractivity contribution in [3.63, 3.8) is 0 Å². The lowest BCUT2D eigenvalue weighted by Crippen LogP contribution is -2.29. The van der Waals surface area contributed by atoms with Gasteiger partial charge in [-0.15, -0.1) is 0 Å². The summed E-state index contributed by atoms with van der Waals surface area (Å²) < 4.78 is 0.939. The van der Waals surface area contributed by atoms with Crippen molar-refractivity contribution < 1.29 is 9.59 Å². The molecule has 5 rings (SSSR count). The molecule has 0 saturated carbocycles. The van der Waals surface area contributed by atoms with Crippen molar-refractivity contribution in [3.05, 3.63) is 93.4 Å². The summed E-state index contributed by atoms with van der Waals surface area (Å²) in [4.78, 5) is 45.2. The fourth-order valence-electron chi connectivity index (χ4n) is 3.85. The number of rotatable bonds is 3. The van der Waals surface area contributed by atoms with Gasteiger partial charge in [-0.1, -0.05) is 53.8 Å². The van der Waals surface area contributed by atoms with Crippen LogP contribution >= 0.6 is 11.3 Å². The lowest BCUT2D eigenvalue weighted by atomic mass is 9.81. The molecule has 2 aromatic carbocycles. The van der Waals surface area contributed by atoms with Crippen LogP contribution < -0.4 is 10.9 Å². The normalized spacial score (nSPS) is 15.7. The number of para-hydroxylation sites is 1. The number of carbonyl (C=O) groups excluding carboxylic acids is 2. The number of thiazole rings is 1. The molecule has 2 aromatic heterocycles. The highest BCUT2D eigenvalue weighted by Gasteiger charge is 2.29. The fraction of sp³-hybridized carbons (Fsp3) is 0.130. The Morgan fingerprint density at radius 1 is 1.03 bits per heavy atom. The first-order valence-electron chi connectivity index (χ1n) is 9.60. The summed E-state index contributed by atoms with van der Waals surface area (Å²) in [5, 5.41) is 3.09. The molecular formula is C23H17N3O3S. The molecule has 0 fully saturated rings. The summed E-state index contributed by atoms with van der Waals surface area (Å²) >= 11 is 1.33. The van der Waals surface area contributed by atoms with Crippen LogP contribution in [0, 0.1) is 0 Å². The highest BCUT2D eigenvalue weighted by molar-refractivity contribution is 7.22. The van der Waals surface area contributed by atoms with E-state index in [0.717, 1.165) is 15.8 Å². The van der Waals surface area contributed by atoms with Gasteiger partial charge in [0, 0.05) is 17.7 Å². The second-order valence-electron chi connectivity index (χ2n) is 7.28. The van der Waals surface area contributed by atoms with Gasteiger partial charge >= 0.3 is 0 Å². The quantitative estimate of drug-likeness (QED) is 0.526. The molecule has 0 aliphatic heterocycles. The maximum absolute atomic E-state index is 12.8. The summed E-state index contributed by atoms with van der Waals surface area (Å²) in [7, 11) is 0. The highest BCUT2D eigenvalue weighted by Crippen LogP contribution is 2.31. The lowest BCUT2D eigenvalue weighted by molar-refractivity contribution is 0.0963. The van der Waals surface area contributed by atoms with E-state index >= 15 is 0 Å². The molecule has 7 heteroatoms. The summed E-state index contributed by atoms with van der Waals surface area (Å²) in [6.45, 7) is 0. The van der Waals surface area contributed by atoms with Crippen molar-refractivity contribution in [2.24, 2.45) is 0 Å². The standard InChI is InChI=1S/C23H17N3O3S/c27-19-11-14(13-6-2-1-3-7-13)10-18-15(19)12-16(21(28)24-18)22(29)26-23-25-17-8-4-5-9-20(17)30-23/h1-9,12,14H,10-11H2,(H,24,28)(H,25,26,29)/t14-/m1/s1. The Morgan fingerprint density at radius 2 is 1.80 bits per heavy atom. The van der Waals surface area contributed by atoms with Crippen LogP contribution in [-0.4, -0.2) is 21.7 Å². The van der Waals surface area contributed by atoms with Crippen LogP contribution in [-0.2, 0) is 6.42 Å². The zero-order valence-electron chi connectivity index (χ0n) is 15.8. The molecule has 0 unspecified atom stereocenters. The first-order chi connectivity index (χ1) is 14.6. The first-order valence-corrected chi connectivity index (χ1v) is 10.4. The number of aromatic nitrogens is 2. The zero-order valence-corrected chi connectivity index (χ0v) is 16.7. The fourth-order valence-corrected chi connectivity index (χ4v) is 4.71. The molecule has 0 spiro atoms. The van der Waals surface area contributed by atoms with Crippen LogP contribution in [0.4, 0.5) is 5.13 Å². The zero-order chi connectivity index (χ0) is 20.7. The molecule has 1 atom stereocenters. The number of carbonyl (C=O) groups is 2. The molecule has 1 amide bonds. The molecule has 6 nitrogen and oxygen atoms in total. The summed E-state index contributed by atoms with van der Waals surface area (Å²) in [6.07, 6.45) is 0.905. The summed E-state index contributed by atoms with van der Waals surface area (Å²) in [6, 6.07) is 18.7. The van der Waals surface area contributed by atoms with Crippen molar-refractivity contribution in [2.75, 3.05) is 5.32 Å². The van der Waals surface area contributed by atoms with Gasteiger partial charge in [-0.3, -0.25) is 19.7 Å². The highest BCUT2D eigenvalue weighted by atomic mass is 32.1. The average Bonchev–Trinajstić information content (AvgIpc) is 3.16. The van der Waals surface area contributed by atoms with Crippen molar-refractivity contribution in [3.8, 4) is 0 Å². The predicted octanol–water partition coefficient (Wildman–Crippen LogP) is 4.15. The van der Waals surface area contributed by atoms with Crippen molar-refractivity contribution >= 4 is 38.4 Å². The van der Waals surface area contributed by atoms with Gasteiger partial charge in [0.25, 0.3) is 11.5 Å². The Bertz CT molecular complexity index is 1310. The number of hydrogen-bond donors (Lipinski definition) is 2. The number of pyridine rings is 1. The van der Waals surface area contributed by atoms with Gasteiger partial charge in [-0.05, 0) is 36.1 Å². The van der Waals surface area contributed by atoms with E-state index in [1.165, 1.54) is 17.4 Å². The Balaban J connectivity index is 1.43. The monoisotopic (exact) mass is 415 g/mol. The number of H-pyrrole nitrogens is 1. The number of anilines is 1. The Morgan fingerprint density at radius 3 is 2.60 bits per heavy atom. The number of fused-ring (bicyclic) bond motifs is 2. The van der Waals surface area contributed by atoms with E-state index in [9.17, 15) is 14.4 Å². The second-order valence-corrected chi connectivity index (χ2v) is 8.31. The number of nitrogens with zero attached hydrogens (tertiary/aromatic N) is 1. The number of Topliss-reactive ketones (excluding diaryl/α,β-unsaturated/α-hetero) is 1. The Kier molecular flexibility index (Phi) is 4.52. The average molecular weight is 415 g/mol. The summed E-state index contributed by atoms with van der Waals surface area (Å²) in [5.74, 6) is -0.629. The van der Waals surface area contributed by atoms with Crippen LogP contribution in [0.5, 0.6) is 0 Å². The maximum atomic E-state index is 12.8. The van der Waals surface area contributed by atoms with Crippen LogP contribution in [0.15, 0.2) is 65.5 Å². The lowest BCUT2D eigenvalue weighted by Gasteiger charge is -2.24. The van der Waals surface area contributed by atoms with Gasteiger partial charge in [-0.2, -0.15) is 0 Å². The van der Waals surface area contributed by atoms with E-state index in [-0.39, 0.29) is 17.3 Å². The van der Waals surface area contributed by atoms with Crippen molar-refractivity contribution in [2.45, 2.75) is 18.8 Å². The number of ketones is 1. The minimum Gasteiger partial charge on any atom is -0.325 e. The molecule has 1 aliphatic rings. The van der Waals surface area contributed by atoms with E-state index in [4.69, 9.17) is 0 Å². The van der Waals surface area contributed by atoms with Crippen LogP contribution in [0.25, 0.3) is 10.2 Å². The number of benzene rings is 2. The van der Waals surface area contributed by atoms with Crippen LogP contribution in [0.1, 0.15) is 44.3 Å². The molecule has 0 radical (unpaired) electrons. The van der Waals surface area contributed by atoms with E-state index in [1.54, 1.807) is 0 Å². The largest absolute Gasteiger partial charge is 0.325 e. The van der Waals surface area contributed by atoms with E-state index < -0.39 is 11.5 Å². The minimum atomic E-state index is -0.573. The first kappa shape index (κ1) is 18.4.